The number of sulfone groups is 1. The number of amides is 2. The normalized spacial score (nSPS) is 13.9. The molecule has 7 nitrogen and oxygen atoms in total. The van der Waals surface area contributed by atoms with Gasteiger partial charge in [0.15, 0.2) is 0 Å². The molecule has 0 aliphatic heterocycles. The van der Waals surface area contributed by atoms with E-state index in [0.717, 1.165) is 12.1 Å². The summed E-state index contributed by atoms with van der Waals surface area (Å²) in [6.07, 6.45) is -5.27. The number of benzene rings is 2. The lowest BCUT2D eigenvalue weighted by atomic mass is 10.1. The fourth-order valence-electron chi connectivity index (χ4n) is 2.37. The van der Waals surface area contributed by atoms with Gasteiger partial charge in [-0.1, -0.05) is 23.2 Å². The van der Waals surface area contributed by atoms with Crippen molar-refractivity contribution in [3.63, 3.8) is 0 Å². The van der Waals surface area contributed by atoms with E-state index in [1.165, 1.54) is 43.3 Å². The average molecular weight is 513 g/mol. The van der Waals surface area contributed by atoms with Gasteiger partial charge in [-0.25, -0.2) is 8.42 Å². The van der Waals surface area contributed by atoms with Gasteiger partial charge in [-0.15, -0.1) is 0 Å². The highest BCUT2D eigenvalue weighted by molar-refractivity contribution is 7.91. The van der Waals surface area contributed by atoms with Crippen molar-refractivity contribution in [1.29, 1.82) is 0 Å². The molecule has 32 heavy (non-hydrogen) atoms. The summed E-state index contributed by atoms with van der Waals surface area (Å²) in [4.78, 5) is 24.4. The van der Waals surface area contributed by atoms with Crippen LogP contribution in [0.3, 0.4) is 0 Å². The standard InChI is InChI=1S/C19H17Cl2F3N2O5S/c1-18(29,19(22,23)24)17(28)25-12-8-9-13(15(21)14(12)20)32(30,31)11-6-4-10(5-7-11)16(27)26(2)3/h4-9,29H,1-3H3,(H,25,28). The topological polar surface area (TPSA) is 104 Å². The van der Waals surface area contributed by atoms with Gasteiger partial charge in [-0.3, -0.25) is 9.59 Å². The van der Waals surface area contributed by atoms with Crippen molar-refractivity contribution in [2.45, 2.75) is 28.5 Å². The van der Waals surface area contributed by atoms with Crippen LogP contribution in [-0.2, 0) is 14.6 Å². The van der Waals surface area contributed by atoms with E-state index in [2.05, 4.69) is 0 Å². The zero-order valence-corrected chi connectivity index (χ0v) is 19.1. The Morgan fingerprint density at radius 2 is 1.53 bits per heavy atom. The Morgan fingerprint density at radius 1 is 1.00 bits per heavy atom. The Bertz CT molecular complexity index is 1160. The van der Waals surface area contributed by atoms with Gasteiger partial charge in [0.05, 0.1) is 25.5 Å². The number of carbonyl (C=O) groups excluding carboxylic acids is 2. The second kappa shape index (κ2) is 8.89. The first kappa shape index (κ1) is 25.9. The molecular weight excluding hydrogens is 496 g/mol. The minimum absolute atomic E-state index is 0.220. The van der Waals surface area contributed by atoms with Crippen molar-refractivity contribution < 1.29 is 36.3 Å². The SMILES string of the molecule is CN(C)C(=O)c1ccc(S(=O)(=O)c2ccc(NC(=O)C(C)(O)C(F)(F)F)c(Cl)c2Cl)cc1. The zero-order chi connectivity index (χ0) is 24.6. The molecule has 174 valence electrons. The predicted molar refractivity (Wildman–Crippen MR) is 112 cm³/mol. The van der Waals surface area contributed by atoms with Crippen LogP contribution in [-0.4, -0.2) is 56.1 Å². The first-order valence-corrected chi connectivity index (χ1v) is 10.9. The number of nitrogens with zero attached hydrogens (tertiary/aromatic N) is 1. The molecule has 2 aromatic carbocycles. The van der Waals surface area contributed by atoms with Crippen molar-refractivity contribution in [2.75, 3.05) is 19.4 Å². The third-order valence-electron chi connectivity index (χ3n) is 4.40. The first-order valence-electron chi connectivity index (χ1n) is 8.67. The number of aliphatic hydroxyl groups is 1. The highest BCUT2D eigenvalue weighted by Crippen LogP contribution is 2.39. The minimum Gasteiger partial charge on any atom is -0.373 e. The zero-order valence-electron chi connectivity index (χ0n) is 16.8. The molecule has 1 unspecified atom stereocenters. The summed E-state index contributed by atoms with van der Waals surface area (Å²) < 4.78 is 64.3. The van der Waals surface area contributed by atoms with Crippen LogP contribution >= 0.6 is 23.2 Å². The molecule has 0 aromatic heterocycles. The maximum Gasteiger partial charge on any atom is 0.426 e. The van der Waals surface area contributed by atoms with Crippen LogP contribution in [0.25, 0.3) is 0 Å². The lowest BCUT2D eigenvalue weighted by Gasteiger charge is -2.25. The Balaban J connectivity index is 2.41. The summed E-state index contributed by atoms with van der Waals surface area (Å²) in [5.74, 6) is -2.18. The van der Waals surface area contributed by atoms with Gasteiger partial charge >= 0.3 is 6.18 Å². The molecule has 0 bridgehead atoms. The van der Waals surface area contributed by atoms with Gasteiger partial charge in [-0.05, 0) is 43.3 Å². The van der Waals surface area contributed by atoms with Gasteiger partial charge in [0.1, 0.15) is 0 Å². The van der Waals surface area contributed by atoms with E-state index in [0.29, 0.717) is 0 Å². The second-order valence-corrected chi connectivity index (χ2v) is 9.66. The van der Waals surface area contributed by atoms with E-state index in [-0.39, 0.29) is 23.3 Å². The predicted octanol–water partition coefficient (Wildman–Crippen LogP) is 3.78. The molecule has 0 saturated carbocycles. The third-order valence-corrected chi connectivity index (χ3v) is 7.20. The number of nitrogens with one attached hydrogen (secondary N) is 1. The van der Waals surface area contributed by atoms with Crippen LogP contribution < -0.4 is 5.32 Å². The maximum atomic E-state index is 12.9. The summed E-state index contributed by atoms with van der Waals surface area (Å²) in [6.45, 7) is 0.251. The van der Waals surface area contributed by atoms with Crippen LogP contribution in [0.15, 0.2) is 46.2 Å². The quantitative estimate of drug-likeness (QED) is 0.634. The first-order chi connectivity index (χ1) is 14.5. The van der Waals surface area contributed by atoms with Crippen LogP contribution in [0.2, 0.25) is 10.0 Å². The highest BCUT2D eigenvalue weighted by Gasteiger charge is 2.55. The van der Waals surface area contributed by atoms with E-state index in [1.807, 2.05) is 0 Å². The van der Waals surface area contributed by atoms with Gasteiger partial charge in [-0.2, -0.15) is 13.2 Å². The number of rotatable bonds is 5. The van der Waals surface area contributed by atoms with E-state index in [9.17, 15) is 36.3 Å². The lowest BCUT2D eigenvalue weighted by Crippen LogP contribution is -2.52. The summed E-state index contributed by atoms with van der Waals surface area (Å²) in [5.41, 5.74) is -3.91. The van der Waals surface area contributed by atoms with Gasteiger partial charge in [0, 0.05) is 19.7 Å². The largest absolute Gasteiger partial charge is 0.426 e. The minimum atomic E-state index is -5.27. The number of anilines is 1. The smallest absolute Gasteiger partial charge is 0.373 e. The van der Waals surface area contributed by atoms with Crippen molar-refractivity contribution in [3.8, 4) is 0 Å². The Hall–Kier alpha value is -2.34. The van der Waals surface area contributed by atoms with Crippen molar-refractivity contribution in [1.82, 2.24) is 4.90 Å². The Kier molecular flexibility index (Phi) is 7.20. The fraction of sp³-hybridized carbons (Fsp3) is 0.263. The lowest BCUT2D eigenvalue weighted by molar-refractivity contribution is -0.242. The van der Waals surface area contributed by atoms with Crippen molar-refractivity contribution in [2.24, 2.45) is 0 Å². The molecular formula is C19H17Cl2F3N2O5S. The number of hydrogen-bond donors (Lipinski definition) is 2. The van der Waals surface area contributed by atoms with Crippen LogP contribution in [0.4, 0.5) is 18.9 Å². The van der Waals surface area contributed by atoms with Gasteiger partial charge in [0.2, 0.25) is 15.4 Å². The fourth-order valence-corrected chi connectivity index (χ4v) is 4.44. The van der Waals surface area contributed by atoms with Gasteiger partial charge < -0.3 is 15.3 Å². The molecule has 1 atom stereocenters. The number of hydrogen-bond acceptors (Lipinski definition) is 5. The second-order valence-electron chi connectivity index (χ2n) is 6.99. The summed E-state index contributed by atoms with van der Waals surface area (Å²) in [6, 6.07) is 6.87. The maximum absolute atomic E-state index is 12.9. The monoisotopic (exact) mass is 512 g/mol. The number of alkyl halides is 3. The molecule has 0 saturated heterocycles. The molecule has 0 aliphatic rings. The Morgan fingerprint density at radius 3 is 2.00 bits per heavy atom. The van der Waals surface area contributed by atoms with E-state index in [4.69, 9.17) is 23.2 Å². The van der Waals surface area contributed by atoms with E-state index < -0.39 is 48.1 Å². The van der Waals surface area contributed by atoms with Crippen molar-refractivity contribution >= 4 is 50.5 Å². The molecule has 2 amide bonds. The highest BCUT2D eigenvalue weighted by atomic mass is 35.5. The van der Waals surface area contributed by atoms with Crippen LogP contribution in [0, 0.1) is 0 Å². The molecule has 13 heteroatoms. The summed E-state index contributed by atoms with van der Waals surface area (Å²) in [5, 5.41) is 10.1. The molecule has 0 spiro atoms. The number of halogens is 5. The summed E-state index contributed by atoms with van der Waals surface area (Å²) >= 11 is 12.0. The van der Waals surface area contributed by atoms with Gasteiger partial charge in [0.25, 0.3) is 11.8 Å². The third kappa shape index (κ3) is 4.85. The van der Waals surface area contributed by atoms with Crippen LogP contribution in [0.5, 0.6) is 0 Å². The van der Waals surface area contributed by atoms with Crippen molar-refractivity contribution in [3.05, 3.63) is 52.0 Å². The van der Waals surface area contributed by atoms with E-state index in [1.54, 1.807) is 5.32 Å². The molecule has 0 aliphatic carbocycles. The van der Waals surface area contributed by atoms with E-state index >= 15 is 0 Å². The van der Waals surface area contributed by atoms with Crippen LogP contribution in [0.1, 0.15) is 17.3 Å². The molecule has 2 N–H and O–H groups in total. The molecule has 0 fully saturated rings. The molecule has 0 radical (unpaired) electrons. The molecule has 0 heterocycles. The Labute approximate surface area is 191 Å². The number of carbonyl (C=O) groups is 2. The average Bonchev–Trinajstić information content (AvgIpc) is 2.69. The summed E-state index contributed by atoms with van der Waals surface area (Å²) in [7, 11) is -1.17. The molecule has 2 aromatic rings. The molecule has 2 rings (SSSR count).